The van der Waals surface area contributed by atoms with E-state index in [-0.39, 0.29) is 13.2 Å². The Labute approximate surface area is 58.1 Å². The largest absolute Gasteiger partial charge is 0.469 e. The maximum absolute atomic E-state index is 12.6. The van der Waals surface area contributed by atoms with Crippen molar-refractivity contribution < 1.29 is 18.7 Å². The highest BCUT2D eigenvalue weighted by Crippen LogP contribution is 2.17. The minimum absolute atomic E-state index is 0.0137. The number of ether oxygens (including phenoxy) is 2. The summed E-state index contributed by atoms with van der Waals surface area (Å²) in [4.78, 5) is 10.7. The fourth-order valence-electron chi connectivity index (χ4n) is 0.895. The number of hydrogen-bond donors (Lipinski definition) is 0. The molecular weight excluding hydrogens is 139 g/mol. The van der Waals surface area contributed by atoms with Crippen molar-refractivity contribution >= 4 is 5.97 Å². The van der Waals surface area contributed by atoms with E-state index in [1.54, 1.807) is 0 Å². The lowest BCUT2D eigenvalue weighted by atomic mass is 10.1. The molecular formula is C6H9FO3. The maximum atomic E-state index is 12.6. The SMILES string of the molecule is COC(=O)[C@@H]1COC[C@H]1F. The summed E-state index contributed by atoms with van der Waals surface area (Å²) < 4.78 is 21.7. The van der Waals surface area contributed by atoms with Gasteiger partial charge in [0.25, 0.3) is 0 Å². The number of halogens is 1. The van der Waals surface area contributed by atoms with Crippen molar-refractivity contribution in [2.75, 3.05) is 20.3 Å². The summed E-state index contributed by atoms with van der Waals surface area (Å²) in [7, 11) is 1.24. The van der Waals surface area contributed by atoms with Crippen LogP contribution < -0.4 is 0 Å². The molecule has 0 unspecified atom stereocenters. The van der Waals surface area contributed by atoms with Crippen LogP contribution in [0.5, 0.6) is 0 Å². The van der Waals surface area contributed by atoms with Gasteiger partial charge in [-0.2, -0.15) is 0 Å². The Bertz CT molecular complexity index is 137. The topological polar surface area (TPSA) is 35.5 Å². The first-order valence-corrected chi connectivity index (χ1v) is 3.05. The number of esters is 1. The molecule has 1 fully saturated rings. The molecule has 1 aliphatic heterocycles. The molecule has 0 aromatic heterocycles. The molecule has 0 aliphatic carbocycles. The van der Waals surface area contributed by atoms with Crippen LogP contribution in [0.1, 0.15) is 0 Å². The molecule has 1 rings (SSSR count). The summed E-state index contributed by atoms with van der Waals surface area (Å²) in [6.45, 7) is 0.160. The minimum Gasteiger partial charge on any atom is -0.469 e. The lowest BCUT2D eigenvalue weighted by Crippen LogP contribution is -2.24. The van der Waals surface area contributed by atoms with Crippen LogP contribution in [-0.2, 0) is 14.3 Å². The Morgan fingerprint density at radius 2 is 2.40 bits per heavy atom. The van der Waals surface area contributed by atoms with Gasteiger partial charge in [0, 0.05) is 0 Å². The number of carbonyl (C=O) groups is 1. The zero-order valence-electron chi connectivity index (χ0n) is 5.67. The Kier molecular flexibility index (Phi) is 2.21. The smallest absolute Gasteiger partial charge is 0.314 e. The molecule has 1 heterocycles. The van der Waals surface area contributed by atoms with Gasteiger partial charge in [-0.15, -0.1) is 0 Å². The van der Waals surface area contributed by atoms with Crippen molar-refractivity contribution in [2.45, 2.75) is 6.17 Å². The van der Waals surface area contributed by atoms with Crippen molar-refractivity contribution in [3.05, 3.63) is 0 Å². The Balaban J connectivity index is 2.46. The normalized spacial score (nSPS) is 32.2. The van der Waals surface area contributed by atoms with Gasteiger partial charge >= 0.3 is 5.97 Å². The zero-order chi connectivity index (χ0) is 7.56. The Morgan fingerprint density at radius 3 is 2.80 bits per heavy atom. The molecule has 1 saturated heterocycles. The van der Waals surface area contributed by atoms with Gasteiger partial charge in [-0.05, 0) is 0 Å². The van der Waals surface area contributed by atoms with E-state index in [2.05, 4.69) is 4.74 Å². The van der Waals surface area contributed by atoms with Crippen molar-refractivity contribution in [3.63, 3.8) is 0 Å². The fourth-order valence-corrected chi connectivity index (χ4v) is 0.895. The third-order valence-corrected chi connectivity index (χ3v) is 1.52. The summed E-state index contributed by atoms with van der Waals surface area (Å²) >= 11 is 0. The molecule has 0 spiro atoms. The minimum atomic E-state index is -1.19. The molecule has 0 saturated carbocycles. The highest BCUT2D eigenvalue weighted by Gasteiger charge is 2.34. The second kappa shape index (κ2) is 2.96. The first-order chi connectivity index (χ1) is 4.75. The first kappa shape index (κ1) is 7.47. The Hall–Kier alpha value is -0.640. The van der Waals surface area contributed by atoms with Crippen molar-refractivity contribution in [2.24, 2.45) is 5.92 Å². The summed E-state index contributed by atoms with van der Waals surface area (Å²) in [5, 5.41) is 0. The highest BCUT2D eigenvalue weighted by atomic mass is 19.1. The molecule has 0 aromatic carbocycles. The average Bonchev–Trinajstić information content (AvgIpc) is 2.34. The zero-order valence-corrected chi connectivity index (χ0v) is 5.67. The molecule has 0 radical (unpaired) electrons. The van der Waals surface area contributed by atoms with Gasteiger partial charge in [-0.25, -0.2) is 4.39 Å². The molecule has 10 heavy (non-hydrogen) atoms. The number of alkyl halides is 1. The van der Waals surface area contributed by atoms with Gasteiger partial charge in [-0.3, -0.25) is 4.79 Å². The highest BCUT2D eigenvalue weighted by molar-refractivity contribution is 5.73. The van der Waals surface area contributed by atoms with Gasteiger partial charge < -0.3 is 9.47 Å². The predicted octanol–water partition coefficient (Wildman–Crippen LogP) is 0.144. The number of rotatable bonds is 1. The third kappa shape index (κ3) is 1.26. The Morgan fingerprint density at radius 1 is 1.70 bits per heavy atom. The maximum Gasteiger partial charge on any atom is 0.314 e. The number of carbonyl (C=O) groups excluding carboxylic acids is 1. The molecule has 1 aliphatic rings. The van der Waals surface area contributed by atoms with Crippen molar-refractivity contribution in [1.82, 2.24) is 0 Å². The lowest BCUT2D eigenvalue weighted by Gasteiger charge is -2.05. The van der Waals surface area contributed by atoms with Crippen LogP contribution in [0, 0.1) is 5.92 Å². The summed E-state index contributed by atoms with van der Waals surface area (Å²) in [6.07, 6.45) is -1.19. The standard InChI is InChI=1S/C6H9FO3/c1-9-6(8)4-2-10-3-5(4)7/h4-5H,2-3H2,1H3/t4-,5-/m1/s1. The lowest BCUT2D eigenvalue weighted by molar-refractivity contribution is -0.146. The monoisotopic (exact) mass is 148 g/mol. The quantitative estimate of drug-likeness (QED) is 0.496. The van der Waals surface area contributed by atoms with Gasteiger partial charge in [0.15, 0.2) is 0 Å². The molecule has 0 aromatic rings. The van der Waals surface area contributed by atoms with Crippen LogP contribution >= 0.6 is 0 Å². The molecule has 0 N–H and O–H groups in total. The average molecular weight is 148 g/mol. The van der Waals surface area contributed by atoms with Gasteiger partial charge in [-0.1, -0.05) is 0 Å². The summed E-state index contributed by atoms with van der Waals surface area (Å²) in [5.41, 5.74) is 0. The molecule has 0 bridgehead atoms. The van der Waals surface area contributed by atoms with E-state index >= 15 is 0 Å². The van der Waals surface area contributed by atoms with E-state index in [1.807, 2.05) is 0 Å². The second-order valence-corrected chi connectivity index (χ2v) is 2.18. The molecule has 58 valence electrons. The molecule has 3 nitrogen and oxygen atoms in total. The molecule has 4 heteroatoms. The third-order valence-electron chi connectivity index (χ3n) is 1.52. The number of hydrogen-bond acceptors (Lipinski definition) is 3. The second-order valence-electron chi connectivity index (χ2n) is 2.18. The summed E-state index contributed by atoms with van der Waals surface area (Å²) in [6, 6.07) is 0. The van der Waals surface area contributed by atoms with E-state index in [0.717, 1.165) is 0 Å². The summed E-state index contributed by atoms with van der Waals surface area (Å²) in [5.74, 6) is -1.23. The van der Waals surface area contributed by atoms with Crippen LogP contribution in [-0.4, -0.2) is 32.5 Å². The van der Waals surface area contributed by atoms with Crippen molar-refractivity contribution in [1.29, 1.82) is 0 Å². The van der Waals surface area contributed by atoms with Crippen LogP contribution in [0.25, 0.3) is 0 Å². The van der Waals surface area contributed by atoms with Gasteiger partial charge in [0.1, 0.15) is 12.1 Å². The van der Waals surface area contributed by atoms with Crippen LogP contribution in [0.3, 0.4) is 0 Å². The van der Waals surface area contributed by atoms with Gasteiger partial charge in [0.2, 0.25) is 0 Å². The predicted molar refractivity (Wildman–Crippen MR) is 31.2 cm³/mol. The fraction of sp³-hybridized carbons (Fsp3) is 0.833. The van der Waals surface area contributed by atoms with Crippen LogP contribution in [0.2, 0.25) is 0 Å². The van der Waals surface area contributed by atoms with Gasteiger partial charge in [0.05, 0.1) is 20.3 Å². The van der Waals surface area contributed by atoms with E-state index in [4.69, 9.17) is 4.74 Å². The first-order valence-electron chi connectivity index (χ1n) is 3.05. The van der Waals surface area contributed by atoms with E-state index in [9.17, 15) is 9.18 Å². The number of methoxy groups -OCH3 is 1. The van der Waals surface area contributed by atoms with E-state index in [1.165, 1.54) is 7.11 Å². The van der Waals surface area contributed by atoms with Crippen LogP contribution in [0.15, 0.2) is 0 Å². The van der Waals surface area contributed by atoms with Crippen LogP contribution in [0.4, 0.5) is 4.39 Å². The van der Waals surface area contributed by atoms with Crippen molar-refractivity contribution in [3.8, 4) is 0 Å². The molecule has 0 amide bonds. The van der Waals surface area contributed by atoms with E-state index < -0.39 is 18.1 Å². The molecule has 2 atom stereocenters. The van der Waals surface area contributed by atoms with E-state index in [0.29, 0.717) is 0 Å².